The lowest BCUT2D eigenvalue weighted by molar-refractivity contribution is -0.133. The molecule has 2 saturated heterocycles. The molecule has 2 aromatic carbocycles. The zero-order valence-corrected chi connectivity index (χ0v) is 24.8. The third-order valence-corrected chi connectivity index (χ3v) is 8.62. The Bertz CT molecular complexity index is 1710. The number of hydrogen-bond donors (Lipinski definition) is 1. The number of amides is 1. The molecule has 3 aliphatic heterocycles. The van der Waals surface area contributed by atoms with E-state index in [-0.39, 0.29) is 12.1 Å². The SMILES string of the molecule is Cn1ncc2c1OCCN1CC[C@@H](Oc3cc(C(C)(C)O)ccc3C=Cc3nn(C4CCCCO4)c4ccc-2cc34)C1=O. The van der Waals surface area contributed by atoms with Crippen LogP contribution in [0.15, 0.2) is 42.6 Å². The Morgan fingerprint density at radius 3 is 2.72 bits per heavy atom. The maximum Gasteiger partial charge on any atom is 0.263 e. The highest BCUT2D eigenvalue weighted by Crippen LogP contribution is 2.36. The molecule has 1 amide bonds. The molecule has 0 spiro atoms. The Labute approximate surface area is 250 Å². The lowest BCUT2D eigenvalue weighted by Gasteiger charge is -2.23. The summed E-state index contributed by atoms with van der Waals surface area (Å²) in [7, 11) is 1.86. The number of nitrogens with zero attached hydrogens (tertiary/aromatic N) is 5. The van der Waals surface area contributed by atoms with Gasteiger partial charge in [-0.1, -0.05) is 18.2 Å². The monoisotopic (exact) mass is 583 g/mol. The van der Waals surface area contributed by atoms with Crippen molar-refractivity contribution < 1.29 is 24.1 Å². The van der Waals surface area contributed by atoms with E-state index in [4.69, 9.17) is 19.3 Å². The number of aromatic nitrogens is 4. The van der Waals surface area contributed by atoms with Gasteiger partial charge in [0.25, 0.3) is 5.91 Å². The molecule has 43 heavy (non-hydrogen) atoms. The van der Waals surface area contributed by atoms with Crippen molar-refractivity contribution in [3.63, 3.8) is 0 Å². The van der Waals surface area contributed by atoms with Gasteiger partial charge in [-0.3, -0.25) is 4.79 Å². The third kappa shape index (κ3) is 5.19. The molecule has 2 aromatic heterocycles. The van der Waals surface area contributed by atoms with E-state index in [9.17, 15) is 9.90 Å². The minimum absolute atomic E-state index is 0.0682. The predicted octanol–water partition coefficient (Wildman–Crippen LogP) is 4.91. The molecule has 2 fully saturated rings. The number of ether oxygens (including phenoxy) is 3. The standard InChI is InChI=1S/C33H37N5O5/c1-33(2,40)23-10-7-21-8-11-26-24-18-22(9-12-27(24)38(35-26)30-6-4-5-16-41-30)25-20-34-36(3)32(25)42-17-15-37-14-13-28(31(37)39)43-29(21)19-23/h7-12,18-20,28,30,40H,4-6,13-17H2,1-3H3/t28-,30?/m1/s1. The van der Waals surface area contributed by atoms with E-state index in [0.717, 1.165) is 59.2 Å². The number of benzene rings is 2. The fourth-order valence-electron chi connectivity index (χ4n) is 6.16. The smallest absolute Gasteiger partial charge is 0.263 e. The van der Waals surface area contributed by atoms with Crippen molar-refractivity contribution in [1.82, 2.24) is 24.5 Å². The van der Waals surface area contributed by atoms with Gasteiger partial charge >= 0.3 is 0 Å². The lowest BCUT2D eigenvalue weighted by atomic mass is 9.96. The fraction of sp³-hybridized carbons (Fsp3) is 0.424. The number of fused-ring (bicyclic) bond motifs is 6. The van der Waals surface area contributed by atoms with Gasteiger partial charge in [0, 0.05) is 37.6 Å². The molecule has 5 heterocycles. The van der Waals surface area contributed by atoms with Gasteiger partial charge in [0.15, 0.2) is 12.3 Å². The van der Waals surface area contributed by atoms with Crippen molar-refractivity contribution in [3.8, 4) is 22.8 Å². The van der Waals surface area contributed by atoms with Crippen molar-refractivity contribution in [2.45, 2.75) is 57.5 Å². The molecule has 2 atom stereocenters. The summed E-state index contributed by atoms with van der Waals surface area (Å²) in [6.07, 6.45) is 8.66. The van der Waals surface area contributed by atoms with E-state index >= 15 is 0 Å². The van der Waals surface area contributed by atoms with Crippen LogP contribution >= 0.6 is 0 Å². The van der Waals surface area contributed by atoms with Crippen LogP contribution in [0.5, 0.6) is 11.6 Å². The van der Waals surface area contributed by atoms with Crippen molar-refractivity contribution in [3.05, 3.63) is 59.4 Å². The Hall–Kier alpha value is -4.15. The first kappa shape index (κ1) is 27.7. The Morgan fingerprint density at radius 1 is 1.02 bits per heavy atom. The van der Waals surface area contributed by atoms with E-state index in [1.165, 1.54) is 0 Å². The average Bonchev–Trinajstić information content (AvgIpc) is 3.67. The zero-order valence-electron chi connectivity index (χ0n) is 24.8. The summed E-state index contributed by atoms with van der Waals surface area (Å²) in [4.78, 5) is 15.1. The van der Waals surface area contributed by atoms with Gasteiger partial charge < -0.3 is 24.2 Å². The quantitative estimate of drug-likeness (QED) is 0.358. The van der Waals surface area contributed by atoms with Gasteiger partial charge in [0.2, 0.25) is 5.88 Å². The molecule has 4 bridgehead atoms. The van der Waals surface area contributed by atoms with E-state index < -0.39 is 11.7 Å². The number of rotatable bonds is 2. The minimum atomic E-state index is -1.06. The van der Waals surface area contributed by atoms with Crippen LogP contribution in [-0.2, 0) is 22.2 Å². The summed E-state index contributed by atoms with van der Waals surface area (Å²) >= 11 is 0. The van der Waals surface area contributed by atoms with Crippen LogP contribution in [0.3, 0.4) is 0 Å². The maximum absolute atomic E-state index is 13.3. The van der Waals surface area contributed by atoms with Gasteiger partial charge in [-0.25, -0.2) is 9.36 Å². The molecule has 0 radical (unpaired) electrons. The van der Waals surface area contributed by atoms with Crippen LogP contribution in [0.25, 0.3) is 34.2 Å². The Kier molecular flexibility index (Phi) is 6.98. The van der Waals surface area contributed by atoms with E-state index in [2.05, 4.69) is 23.3 Å². The molecule has 3 aliphatic rings. The zero-order chi connectivity index (χ0) is 29.7. The van der Waals surface area contributed by atoms with E-state index in [0.29, 0.717) is 43.3 Å². The first-order valence-electron chi connectivity index (χ1n) is 15.1. The number of carbonyl (C=O) groups is 1. The second-order valence-corrected chi connectivity index (χ2v) is 12.1. The topological polar surface area (TPSA) is 104 Å². The van der Waals surface area contributed by atoms with Crippen LogP contribution < -0.4 is 9.47 Å². The minimum Gasteiger partial charge on any atom is -0.480 e. The van der Waals surface area contributed by atoms with Crippen molar-refractivity contribution in [2.24, 2.45) is 7.05 Å². The molecule has 1 unspecified atom stereocenters. The van der Waals surface area contributed by atoms with Gasteiger partial charge in [-0.2, -0.15) is 10.2 Å². The fourth-order valence-corrected chi connectivity index (χ4v) is 6.16. The first-order valence-corrected chi connectivity index (χ1v) is 15.1. The van der Waals surface area contributed by atoms with Gasteiger partial charge in [0.1, 0.15) is 12.4 Å². The highest BCUT2D eigenvalue weighted by Gasteiger charge is 2.34. The Balaban J connectivity index is 1.39. The van der Waals surface area contributed by atoms with Crippen LogP contribution in [0.4, 0.5) is 0 Å². The second kappa shape index (κ2) is 10.8. The van der Waals surface area contributed by atoms with Crippen LogP contribution in [-0.4, -0.2) is 67.9 Å². The number of aliphatic hydroxyl groups is 1. The second-order valence-electron chi connectivity index (χ2n) is 12.1. The molecular weight excluding hydrogens is 546 g/mol. The highest BCUT2D eigenvalue weighted by atomic mass is 16.5. The molecule has 10 heteroatoms. The number of hydrogen-bond acceptors (Lipinski definition) is 7. The van der Waals surface area contributed by atoms with Crippen LogP contribution in [0.1, 0.15) is 62.6 Å². The van der Waals surface area contributed by atoms with Crippen molar-refractivity contribution in [2.75, 3.05) is 26.3 Å². The molecule has 224 valence electrons. The maximum atomic E-state index is 13.3. The predicted molar refractivity (Wildman–Crippen MR) is 162 cm³/mol. The summed E-state index contributed by atoms with van der Waals surface area (Å²) < 4.78 is 22.5. The average molecular weight is 584 g/mol. The molecule has 0 aliphatic carbocycles. The lowest BCUT2D eigenvalue weighted by Crippen LogP contribution is -2.35. The largest absolute Gasteiger partial charge is 0.480 e. The van der Waals surface area contributed by atoms with E-state index in [1.807, 2.05) is 48.3 Å². The summed E-state index contributed by atoms with van der Waals surface area (Å²) in [5.74, 6) is 1.13. The van der Waals surface area contributed by atoms with Crippen LogP contribution in [0, 0.1) is 0 Å². The summed E-state index contributed by atoms with van der Waals surface area (Å²) in [5, 5.41) is 21.2. The van der Waals surface area contributed by atoms with Crippen molar-refractivity contribution in [1.29, 1.82) is 0 Å². The molecule has 7 rings (SSSR count). The summed E-state index contributed by atoms with van der Waals surface area (Å²) in [6, 6.07) is 12.0. The normalized spacial score (nSPS) is 20.9. The third-order valence-electron chi connectivity index (χ3n) is 8.62. The molecule has 0 saturated carbocycles. The highest BCUT2D eigenvalue weighted by molar-refractivity contribution is 5.94. The molecule has 10 nitrogen and oxygen atoms in total. The molecule has 4 aromatic rings. The summed E-state index contributed by atoms with van der Waals surface area (Å²) in [6.45, 7) is 5.55. The number of aryl methyl sites for hydroxylation is 1. The van der Waals surface area contributed by atoms with Crippen LogP contribution in [0.2, 0.25) is 0 Å². The van der Waals surface area contributed by atoms with E-state index in [1.54, 1.807) is 23.4 Å². The Morgan fingerprint density at radius 2 is 1.91 bits per heavy atom. The van der Waals surface area contributed by atoms with Gasteiger partial charge in [-0.15, -0.1) is 0 Å². The summed E-state index contributed by atoms with van der Waals surface area (Å²) in [5.41, 5.74) is 4.08. The molecular formula is C33H37N5O5. The van der Waals surface area contributed by atoms with Gasteiger partial charge in [0.05, 0.1) is 35.1 Å². The molecule has 1 N–H and O–H groups in total. The first-order chi connectivity index (χ1) is 20.8. The van der Waals surface area contributed by atoms with Gasteiger partial charge in [-0.05, 0) is 74.6 Å². The number of carbonyl (C=O) groups excluding carboxylic acids is 1. The van der Waals surface area contributed by atoms with Crippen molar-refractivity contribution >= 4 is 29.0 Å².